The predicted octanol–water partition coefficient (Wildman–Crippen LogP) is 3.41. The van der Waals surface area contributed by atoms with Gasteiger partial charge in [0, 0.05) is 13.1 Å². The zero-order valence-corrected chi connectivity index (χ0v) is 17.3. The Kier molecular flexibility index (Phi) is 5.46. The van der Waals surface area contributed by atoms with Crippen molar-refractivity contribution in [3.63, 3.8) is 0 Å². The van der Waals surface area contributed by atoms with Crippen molar-refractivity contribution in [1.82, 2.24) is 5.32 Å². The number of nitrogens with zero attached hydrogens (tertiary/aromatic N) is 2. The number of aryl methyl sites for hydroxylation is 1. The zero-order chi connectivity index (χ0) is 22.1. The fraction of sp³-hybridized carbons (Fsp3) is 0.261. The third-order valence-corrected chi connectivity index (χ3v) is 5.51. The molecule has 0 unspecified atom stereocenters. The van der Waals surface area contributed by atoms with Crippen LogP contribution in [0.2, 0.25) is 0 Å². The van der Waals surface area contributed by atoms with Crippen molar-refractivity contribution < 1.29 is 23.5 Å². The summed E-state index contributed by atoms with van der Waals surface area (Å²) < 4.78 is 19.9. The first-order valence-corrected chi connectivity index (χ1v) is 9.99. The molecule has 4 rings (SSSR count). The van der Waals surface area contributed by atoms with Crippen molar-refractivity contribution in [2.24, 2.45) is 0 Å². The minimum atomic E-state index is -0.843. The first-order chi connectivity index (χ1) is 14.9. The van der Waals surface area contributed by atoms with Crippen molar-refractivity contribution in [1.29, 1.82) is 0 Å². The second-order valence-electron chi connectivity index (χ2n) is 7.51. The number of nitrogens with one attached hydrogen (secondary N) is 1. The van der Waals surface area contributed by atoms with Crippen LogP contribution in [-0.4, -0.2) is 38.0 Å². The number of imide groups is 2. The van der Waals surface area contributed by atoms with Crippen molar-refractivity contribution in [3.05, 3.63) is 58.9 Å². The summed E-state index contributed by atoms with van der Waals surface area (Å²) in [6, 6.07) is 8.50. The van der Waals surface area contributed by atoms with Crippen LogP contribution in [0.5, 0.6) is 5.75 Å². The first-order valence-electron chi connectivity index (χ1n) is 9.99. The minimum absolute atomic E-state index is 0.244. The molecule has 2 saturated heterocycles. The monoisotopic (exact) mass is 423 g/mol. The lowest BCUT2D eigenvalue weighted by Gasteiger charge is -2.26. The molecule has 4 amide bonds. The third kappa shape index (κ3) is 3.88. The molecule has 2 aliphatic rings. The topological polar surface area (TPSA) is 79.0 Å². The Balaban J connectivity index is 1.69. The SMILES string of the molecule is COc1ccc(N2C(=O)NC(=O)C(=Cc3cc(F)c(N4CCCC4)cc3C)C2=O)cc1. The van der Waals surface area contributed by atoms with Gasteiger partial charge in [0.15, 0.2) is 0 Å². The molecule has 0 spiro atoms. The molecule has 0 bridgehead atoms. The molecule has 0 aliphatic carbocycles. The van der Waals surface area contributed by atoms with E-state index in [1.165, 1.54) is 19.3 Å². The van der Waals surface area contributed by atoms with E-state index in [1.807, 2.05) is 4.90 Å². The van der Waals surface area contributed by atoms with E-state index in [-0.39, 0.29) is 11.3 Å². The van der Waals surface area contributed by atoms with Crippen LogP contribution in [0.15, 0.2) is 42.0 Å². The normalized spacial score (nSPS) is 18.0. The molecule has 2 aromatic carbocycles. The molecule has 2 fully saturated rings. The Bertz CT molecular complexity index is 1090. The van der Waals surface area contributed by atoms with Gasteiger partial charge >= 0.3 is 6.03 Å². The van der Waals surface area contributed by atoms with E-state index in [4.69, 9.17) is 4.74 Å². The summed E-state index contributed by atoms with van der Waals surface area (Å²) in [5.74, 6) is -1.44. The third-order valence-electron chi connectivity index (χ3n) is 5.51. The number of methoxy groups -OCH3 is 1. The molecule has 0 radical (unpaired) electrons. The van der Waals surface area contributed by atoms with Gasteiger partial charge in [-0.1, -0.05) is 0 Å². The number of amides is 4. The van der Waals surface area contributed by atoms with E-state index in [2.05, 4.69) is 5.32 Å². The van der Waals surface area contributed by atoms with Crippen molar-refractivity contribution in [2.75, 3.05) is 30.0 Å². The average Bonchev–Trinajstić information content (AvgIpc) is 3.28. The van der Waals surface area contributed by atoms with Crippen LogP contribution in [0.1, 0.15) is 24.0 Å². The van der Waals surface area contributed by atoms with Gasteiger partial charge in [-0.25, -0.2) is 14.1 Å². The van der Waals surface area contributed by atoms with E-state index in [0.717, 1.165) is 36.4 Å². The molecule has 0 saturated carbocycles. The lowest BCUT2D eigenvalue weighted by atomic mass is 10.0. The number of hydrogen-bond acceptors (Lipinski definition) is 5. The maximum atomic E-state index is 14.8. The maximum Gasteiger partial charge on any atom is 0.335 e. The summed E-state index contributed by atoms with van der Waals surface area (Å²) in [4.78, 5) is 40.6. The van der Waals surface area contributed by atoms with Gasteiger partial charge in [-0.05, 0) is 73.4 Å². The summed E-state index contributed by atoms with van der Waals surface area (Å²) in [6.45, 7) is 3.40. The summed E-state index contributed by atoms with van der Waals surface area (Å²) in [7, 11) is 1.50. The van der Waals surface area contributed by atoms with Gasteiger partial charge in [0.25, 0.3) is 11.8 Å². The van der Waals surface area contributed by atoms with Gasteiger partial charge < -0.3 is 9.64 Å². The molecule has 8 heteroatoms. The average molecular weight is 423 g/mol. The van der Waals surface area contributed by atoms with E-state index in [1.54, 1.807) is 37.3 Å². The van der Waals surface area contributed by atoms with Gasteiger partial charge in [0.2, 0.25) is 0 Å². The number of carbonyl (C=O) groups is 3. The molecule has 31 heavy (non-hydrogen) atoms. The molecule has 2 aliphatic heterocycles. The fourth-order valence-corrected chi connectivity index (χ4v) is 3.82. The number of halogens is 1. The molecule has 7 nitrogen and oxygen atoms in total. The van der Waals surface area contributed by atoms with Crippen LogP contribution >= 0.6 is 0 Å². The number of carbonyl (C=O) groups excluding carboxylic acids is 3. The number of benzene rings is 2. The van der Waals surface area contributed by atoms with E-state index < -0.39 is 23.7 Å². The van der Waals surface area contributed by atoms with Gasteiger partial charge in [-0.2, -0.15) is 0 Å². The lowest BCUT2D eigenvalue weighted by molar-refractivity contribution is -0.122. The first kappa shape index (κ1) is 20.6. The highest BCUT2D eigenvalue weighted by Crippen LogP contribution is 2.29. The zero-order valence-electron chi connectivity index (χ0n) is 17.3. The summed E-state index contributed by atoms with van der Waals surface area (Å²) in [5, 5.41) is 2.17. The van der Waals surface area contributed by atoms with Crippen LogP contribution in [0.25, 0.3) is 6.08 Å². The standard InChI is InChI=1S/C23H22FN3O4/c1-14-11-20(26-9-3-4-10-26)19(24)13-15(14)12-18-21(28)25-23(30)27(22(18)29)16-5-7-17(31-2)8-6-16/h5-8,11-13H,3-4,9-10H2,1-2H3,(H,25,28,30). The van der Waals surface area contributed by atoms with Gasteiger partial charge in [-0.15, -0.1) is 0 Å². The molecule has 160 valence electrons. The maximum absolute atomic E-state index is 14.8. The molecular formula is C23H22FN3O4. The molecule has 2 heterocycles. The number of anilines is 2. The van der Waals surface area contributed by atoms with E-state index >= 15 is 0 Å². The number of urea groups is 1. The predicted molar refractivity (Wildman–Crippen MR) is 115 cm³/mol. The highest BCUT2D eigenvalue weighted by molar-refractivity contribution is 6.39. The van der Waals surface area contributed by atoms with Crippen molar-refractivity contribution in [2.45, 2.75) is 19.8 Å². The number of hydrogen-bond donors (Lipinski definition) is 1. The van der Waals surface area contributed by atoms with Crippen LogP contribution in [0.4, 0.5) is 20.6 Å². The van der Waals surface area contributed by atoms with Gasteiger partial charge in [-0.3, -0.25) is 14.9 Å². The highest BCUT2D eigenvalue weighted by Gasteiger charge is 2.37. The largest absolute Gasteiger partial charge is 0.497 e. The molecule has 1 N–H and O–H groups in total. The van der Waals surface area contributed by atoms with Crippen LogP contribution in [0, 0.1) is 12.7 Å². The smallest absolute Gasteiger partial charge is 0.335 e. The summed E-state index contributed by atoms with van der Waals surface area (Å²) in [6.07, 6.45) is 3.37. The number of ether oxygens (including phenoxy) is 1. The Morgan fingerprint density at radius 1 is 1.06 bits per heavy atom. The number of barbiturate groups is 1. The van der Waals surface area contributed by atoms with E-state index in [0.29, 0.717) is 17.0 Å². The van der Waals surface area contributed by atoms with Gasteiger partial charge in [0.05, 0.1) is 18.5 Å². The Labute approximate surface area is 179 Å². The molecule has 2 aromatic rings. The summed E-state index contributed by atoms with van der Waals surface area (Å²) >= 11 is 0. The quantitative estimate of drug-likeness (QED) is 0.602. The number of rotatable bonds is 4. The lowest BCUT2D eigenvalue weighted by Crippen LogP contribution is -2.54. The highest BCUT2D eigenvalue weighted by atomic mass is 19.1. The van der Waals surface area contributed by atoms with Crippen LogP contribution < -0.4 is 19.9 Å². The second-order valence-corrected chi connectivity index (χ2v) is 7.51. The Hall–Kier alpha value is -3.68. The Morgan fingerprint density at radius 2 is 1.74 bits per heavy atom. The molecule has 0 atom stereocenters. The van der Waals surface area contributed by atoms with E-state index in [9.17, 15) is 18.8 Å². The summed E-state index contributed by atoms with van der Waals surface area (Å²) in [5.41, 5.74) is 1.69. The minimum Gasteiger partial charge on any atom is -0.497 e. The van der Waals surface area contributed by atoms with Crippen LogP contribution in [0.3, 0.4) is 0 Å². The van der Waals surface area contributed by atoms with Crippen LogP contribution in [-0.2, 0) is 9.59 Å². The Morgan fingerprint density at radius 3 is 2.39 bits per heavy atom. The molecule has 0 aromatic heterocycles. The van der Waals surface area contributed by atoms with Gasteiger partial charge in [0.1, 0.15) is 17.1 Å². The second kappa shape index (κ2) is 8.22. The molecular weight excluding hydrogens is 401 g/mol. The fourth-order valence-electron chi connectivity index (χ4n) is 3.82. The van der Waals surface area contributed by atoms with Crippen molar-refractivity contribution in [3.8, 4) is 5.75 Å². The van der Waals surface area contributed by atoms with Crippen molar-refractivity contribution >= 4 is 35.3 Å².